The number of nitrogens with one attached hydrogen (secondary N) is 1. The second-order valence-electron chi connectivity index (χ2n) is 5.17. The molecule has 0 saturated carbocycles. The summed E-state index contributed by atoms with van der Waals surface area (Å²) in [7, 11) is 0. The van der Waals surface area contributed by atoms with E-state index >= 15 is 0 Å². The summed E-state index contributed by atoms with van der Waals surface area (Å²) in [6.07, 6.45) is -0.749. The number of cyclic esters (lactones) is 1. The summed E-state index contributed by atoms with van der Waals surface area (Å²) in [4.78, 5) is 25.6. The molecule has 0 bridgehead atoms. The van der Waals surface area contributed by atoms with E-state index in [1.54, 1.807) is 17.0 Å². The van der Waals surface area contributed by atoms with Crippen LogP contribution in [-0.2, 0) is 4.74 Å². The van der Waals surface area contributed by atoms with Crippen molar-refractivity contribution in [3.8, 4) is 0 Å². The third-order valence-corrected chi connectivity index (χ3v) is 4.07. The van der Waals surface area contributed by atoms with Crippen molar-refractivity contribution in [1.82, 2.24) is 5.32 Å². The first-order valence-corrected chi connectivity index (χ1v) is 8.00. The summed E-state index contributed by atoms with van der Waals surface area (Å²) in [6, 6.07) is 16.4. The number of anilines is 1. The molecule has 118 valence electrons. The molecule has 0 spiro atoms. The summed E-state index contributed by atoms with van der Waals surface area (Å²) in [5.41, 5.74) is 1.36. The van der Waals surface area contributed by atoms with E-state index in [2.05, 4.69) is 21.2 Å². The Morgan fingerprint density at radius 2 is 1.87 bits per heavy atom. The van der Waals surface area contributed by atoms with Crippen LogP contribution in [-0.4, -0.2) is 31.2 Å². The van der Waals surface area contributed by atoms with Crippen molar-refractivity contribution in [3.05, 3.63) is 64.6 Å². The highest BCUT2D eigenvalue weighted by Crippen LogP contribution is 2.20. The quantitative estimate of drug-likeness (QED) is 0.893. The van der Waals surface area contributed by atoms with Gasteiger partial charge in [0.05, 0.1) is 13.1 Å². The highest BCUT2D eigenvalue weighted by Gasteiger charge is 2.32. The van der Waals surface area contributed by atoms with E-state index in [-0.39, 0.29) is 24.6 Å². The van der Waals surface area contributed by atoms with Crippen LogP contribution < -0.4 is 10.2 Å². The van der Waals surface area contributed by atoms with Crippen molar-refractivity contribution < 1.29 is 14.3 Å². The van der Waals surface area contributed by atoms with Gasteiger partial charge >= 0.3 is 6.09 Å². The predicted molar refractivity (Wildman–Crippen MR) is 90.5 cm³/mol. The van der Waals surface area contributed by atoms with Gasteiger partial charge in [-0.05, 0) is 36.4 Å². The van der Waals surface area contributed by atoms with Gasteiger partial charge in [0.2, 0.25) is 0 Å². The SMILES string of the molecule is O=C(NCC1CN(c2ccccc2)C(=O)O1)c1ccc(Br)cc1. The summed E-state index contributed by atoms with van der Waals surface area (Å²) in [5.74, 6) is -0.188. The number of rotatable bonds is 4. The van der Waals surface area contributed by atoms with Gasteiger partial charge in [-0.1, -0.05) is 34.1 Å². The minimum Gasteiger partial charge on any atom is -0.442 e. The minimum absolute atomic E-state index is 0.188. The average Bonchev–Trinajstić information content (AvgIpc) is 2.95. The Morgan fingerprint density at radius 1 is 1.17 bits per heavy atom. The van der Waals surface area contributed by atoms with E-state index in [1.807, 2.05) is 42.5 Å². The van der Waals surface area contributed by atoms with Gasteiger partial charge in [0.1, 0.15) is 6.10 Å². The number of benzene rings is 2. The highest BCUT2D eigenvalue weighted by atomic mass is 79.9. The molecule has 0 aromatic heterocycles. The zero-order chi connectivity index (χ0) is 16.2. The second kappa shape index (κ2) is 6.83. The van der Waals surface area contributed by atoms with Gasteiger partial charge in [-0.15, -0.1) is 0 Å². The molecule has 0 aliphatic carbocycles. The lowest BCUT2D eigenvalue weighted by atomic mass is 10.2. The maximum absolute atomic E-state index is 12.1. The zero-order valence-electron chi connectivity index (χ0n) is 12.2. The lowest BCUT2D eigenvalue weighted by molar-refractivity contribution is 0.0916. The van der Waals surface area contributed by atoms with E-state index in [9.17, 15) is 9.59 Å². The van der Waals surface area contributed by atoms with Crippen molar-refractivity contribution in [2.45, 2.75) is 6.10 Å². The molecule has 1 unspecified atom stereocenters. The van der Waals surface area contributed by atoms with Crippen LogP contribution in [0, 0.1) is 0 Å². The molecule has 6 heteroatoms. The van der Waals surface area contributed by atoms with Gasteiger partial charge in [0.15, 0.2) is 0 Å². The molecule has 2 aromatic carbocycles. The Labute approximate surface area is 142 Å². The Balaban J connectivity index is 1.56. The monoisotopic (exact) mass is 374 g/mol. The molecule has 1 fully saturated rings. The highest BCUT2D eigenvalue weighted by molar-refractivity contribution is 9.10. The molecule has 1 heterocycles. The molecule has 23 heavy (non-hydrogen) atoms. The smallest absolute Gasteiger partial charge is 0.414 e. The molecule has 1 aliphatic rings. The minimum atomic E-state index is -0.390. The molecule has 1 N–H and O–H groups in total. The van der Waals surface area contributed by atoms with E-state index in [0.29, 0.717) is 12.1 Å². The Hall–Kier alpha value is -2.34. The number of carbonyl (C=O) groups is 2. The molecule has 3 rings (SSSR count). The summed E-state index contributed by atoms with van der Waals surface area (Å²) >= 11 is 3.33. The van der Waals surface area contributed by atoms with Crippen LogP contribution >= 0.6 is 15.9 Å². The molecule has 5 nitrogen and oxygen atoms in total. The lowest BCUT2D eigenvalue weighted by Gasteiger charge is -2.12. The summed E-state index contributed by atoms with van der Waals surface area (Å²) in [6.45, 7) is 0.702. The third kappa shape index (κ3) is 3.71. The normalized spacial score (nSPS) is 17.0. The van der Waals surface area contributed by atoms with Crippen LogP contribution in [0.3, 0.4) is 0 Å². The first kappa shape index (κ1) is 15.6. The molecular formula is C17H15BrN2O3. The summed E-state index contributed by atoms with van der Waals surface area (Å²) in [5, 5.41) is 2.79. The van der Waals surface area contributed by atoms with Gasteiger partial charge in [-0.25, -0.2) is 4.79 Å². The van der Waals surface area contributed by atoms with Crippen molar-refractivity contribution in [2.75, 3.05) is 18.0 Å². The van der Waals surface area contributed by atoms with Crippen LogP contribution in [0.4, 0.5) is 10.5 Å². The van der Waals surface area contributed by atoms with Gasteiger partial charge in [0, 0.05) is 15.7 Å². The molecule has 2 aromatic rings. The third-order valence-electron chi connectivity index (χ3n) is 3.54. The van der Waals surface area contributed by atoms with Crippen molar-refractivity contribution >= 4 is 33.6 Å². The Morgan fingerprint density at radius 3 is 2.57 bits per heavy atom. The number of ether oxygens (including phenoxy) is 1. The molecule has 1 atom stereocenters. The van der Waals surface area contributed by atoms with E-state index in [4.69, 9.17) is 4.74 Å². The largest absolute Gasteiger partial charge is 0.442 e. The fourth-order valence-corrected chi connectivity index (χ4v) is 2.62. The number of amides is 2. The van der Waals surface area contributed by atoms with Crippen LogP contribution in [0.25, 0.3) is 0 Å². The van der Waals surface area contributed by atoms with E-state index in [0.717, 1.165) is 10.2 Å². The van der Waals surface area contributed by atoms with Crippen molar-refractivity contribution in [3.63, 3.8) is 0 Å². The first-order valence-electron chi connectivity index (χ1n) is 7.20. The van der Waals surface area contributed by atoms with Gasteiger partial charge in [0.25, 0.3) is 5.91 Å². The average molecular weight is 375 g/mol. The molecular weight excluding hydrogens is 360 g/mol. The van der Waals surface area contributed by atoms with Crippen molar-refractivity contribution in [2.24, 2.45) is 0 Å². The summed E-state index contributed by atoms with van der Waals surface area (Å²) < 4.78 is 6.21. The molecule has 2 amide bonds. The number of para-hydroxylation sites is 1. The van der Waals surface area contributed by atoms with Crippen LogP contribution in [0.1, 0.15) is 10.4 Å². The molecule has 1 aliphatic heterocycles. The number of carbonyl (C=O) groups excluding carboxylic acids is 2. The van der Waals surface area contributed by atoms with Gasteiger partial charge in [-0.2, -0.15) is 0 Å². The Bertz CT molecular complexity index is 704. The zero-order valence-corrected chi connectivity index (χ0v) is 13.8. The fourth-order valence-electron chi connectivity index (χ4n) is 2.36. The van der Waals surface area contributed by atoms with Gasteiger partial charge < -0.3 is 10.1 Å². The van der Waals surface area contributed by atoms with Gasteiger partial charge in [-0.3, -0.25) is 9.69 Å². The van der Waals surface area contributed by atoms with Crippen LogP contribution in [0.5, 0.6) is 0 Å². The number of nitrogens with zero attached hydrogens (tertiary/aromatic N) is 1. The van der Waals surface area contributed by atoms with Crippen LogP contribution in [0.15, 0.2) is 59.1 Å². The van der Waals surface area contributed by atoms with Crippen LogP contribution in [0.2, 0.25) is 0 Å². The van der Waals surface area contributed by atoms with E-state index < -0.39 is 0 Å². The maximum atomic E-state index is 12.1. The first-order chi connectivity index (χ1) is 11.1. The lowest BCUT2D eigenvalue weighted by Crippen LogP contribution is -2.34. The predicted octanol–water partition coefficient (Wildman–Crippen LogP) is 3.20. The van der Waals surface area contributed by atoms with Crippen molar-refractivity contribution in [1.29, 1.82) is 0 Å². The number of halogens is 1. The maximum Gasteiger partial charge on any atom is 0.414 e. The standard InChI is InChI=1S/C17H15BrN2O3/c18-13-8-6-12(7-9-13)16(21)19-10-15-11-20(17(22)23-15)14-4-2-1-3-5-14/h1-9,15H,10-11H2,(H,19,21). The second-order valence-corrected chi connectivity index (χ2v) is 6.08. The fraction of sp³-hybridized carbons (Fsp3) is 0.176. The Kier molecular flexibility index (Phi) is 4.62. The van der Waals surface area contributed by atoms with E-state index in [1.165, 1.54) is 0 Å². The molecule has 0 radical (unpaired) electrons. The number of hydrogen-bond acceptors (Lipinski definition) is 3. The molecule has 1 saturated heterocycles. The topological polar surface area (TPSA) is 58.6 Å². The number of hydrogen-bond donors (Lipinski definition) is 1.